The Morgan fingerprint density at radius 3 is 1.65 bits per heavy atom. The molecule has 2 nitrogen and oxygen atoms in total. The van der Waals surface area contributed by atoms with Gasteiger partial charge in [0.15, 0.2) is 5.82 Å². The number of benzene rings is 10. The van der Waals surface area contributed by atoms with Crippen LogP contribution in [-0.2, 0) is 5.41 Å². The minimum Gasteiger partial charge on any atom is -0.228 e. The second-order valence-corrected chi connectivity index (χ2v) is 15.6. The molecule has 1 heterocycles. The summed E-state index contributed by atoms with van der Waals surface area (Å²) in [7, 11) is 0. The Bertz CT molecular complexity index is 3540. The average molecular weight is 721 g/mol. The molecule has 13 rings (SSSR count). The lowest BCUT2D eigenvalue weighted by atomic mass is 9.70. The van der Waals surface area contributed by atoms with Crippen molar-refractivity contribution < 1.29 is 0 Å². The second-order valence-electron chi connectivity index (χ2n) is 15.6. The van der Waals surface area contributed by atoms with Crippen LogP contribution in [0.2, 0.25) is 0 Å². The highest BCUT2D eigenvalue weighted by Crippen LogP contribution is 2.64. The molecule has 11 aromatic rings. The zero-order chi connectivity index (χ0) is 37.2. The first-order valence-corrected chi connectivity index (χ1v) is 19.7. The van der Waals surface area contributed by atoms with Gasteiger partial charge in [0.05, 0.1) is 16.6 Å². The van der Waals surface area contributed by atoms with Gasteiger partial charge in [0.25, 0.3) is 0 Å². The van der Waals surface area contributed by atoms with E-state index in [0.29, 0.717) is 0 Å². The van der Waals surface area contributed by atoms with E-state index < -0.39 is 5.41 Å². The predicted octanol–water partition coefficient (Wildman–Crippen LogP) is 13.9. The largest absolute Gasteiger partial charge is 0.228 e. The van der Waals surface area contributed by atoms with Gasteiger partial charge in [-0.1, -0.05) is 170 Å². The minimum atomic E-state index is -0.521. The van der Waals surface area contributed by atoms with Gasteiger partial charge in [-0.05, 0) is 112 Å². The van der Waals surface area contributed by atoms with Gasteiger partial charge in [-0.2, -0.15) is 0 Å². The molecular weight excluding hydrogens is 689 g/mol. The summed E-state index contributed by atoms with van der Waals surface area (Å²) in [6.07, 6.45) is 0. The van der Waals surface area contributed by atoms with Crippen molar-refractivity contribution in [1.29, 1.82) is 0 Å². The van der Waals surface area contributed by atoms with Crippen LogP contribution in [0.3, 0.4) is 0 Å². The van der Waals surface area contributed by atoms with E-state index >= 15 is 0 Å². The van der Waals surface area contributed by atoms with Gasteiger partial charge < -0.3 is 0 Å². The maximum Gasteiger partial charge on any atom is 0.161 e. The van der Waals surface area contributed by atoms with Crippen molar-refractivity contribution in [2.45, 2.75) is 5.41 Å². The Morgan fingerprint density at radius 2 is 0.877 bits per heavy atom. The van der Waals surface area contributed by atoms with Crippen molar-refractivity contribution in [2.75, 3.05) is 0 Å². The Hall–Kier alpha value is -7.42. The summed E-state index contributed by atoms with van der Waals surface area (Å²) >= 11 is 0. The van der Waals surface area contributed by atoms with Gasteiger partial charge in [-0.15, -0.1) is 0 Å². The van der Waals surface area contributed by atoms with Crippen LogP contribution in [0.1, 0.15) is 22.3 Å². The van der Waals surface area contributed by atoms with Crippen LogP contribution in [0.25, 0.3) is 98.9 Å². The first-order valence-electron chi connectivity index (χ1n) is 19.7. The fourth-order valence-corrected chi connectivity index (χ4v) is 10.5. The highest BCUT2D eigenvalue weighted by atomic mass is 14.9. The molecule has 0 amide bonds. The number of rotatable bonds is 2. The van der Waals surface area contributed by atoms with E-state index in [-0.39, 0.29) is 0 Å². The molecule has 0 bridgehead atoms. The van der Waals surface area contributed by atoms with E-state index in [4.69, 9.17) is 9.97 Å². The average Bonchev–Trinajstić information content (AvgIpc) is 3.75. The Labute approximate surface area is 329 Å². The molecule has 10 aromatic carbocycles. The molecular formula is C55H32N2. The monoisotopic (exact) mass is 720 g/mol. The summed E-state index contributed by atoms with van der Waals surface area (Å²) in [6.45, 7) is 0. The van der Waals surface area contributed by atoms with Gasteiger partial charge in [0, 0.05) is 16.5 Å². The molecule has 0 radical (unpaired) electrons. The van der Waals surface area contributed by atoms with Crippen molar-refractivity contribution >= 4 is 54.0 Å². The maximum atomic E-state index is 5.50. The highest BCUT2D eigenvalue weighted by Gasteiger charge is 2.52. The standard InChI is InChI=1S/C55H32N2/c1-2-15-34-30-35(29-28-33(34)14-1)53-42-22-9-12-27-51(42)56-54(57-53)43-23-13-26-49-52(43)41-21-8-11-25-48(41)55(49)47-24-10-7-20-40(47)46-31-44-38-18-5-3-16-36(38)37-17-4-6-19-39(37)45(44)32-50(46)55/h1-32H. The van der Waals surface area contributed by atoms with E-state index in [2.05, 4.69) is 194 Å². The van der Waals surface area contributed by atoms with Crippen molar-refractivity contribution in [2.24, 2.45) is 0 Å². The normalized spacial score (nSPS) is 15.1. The molecule has 1 spiro atoms. The lowest BCUT2D eigenvalue weighted by molar-refractivity contribution is 0.795. The summed E-state index contributed by atoms with van der Waals surface area (Å²) in [6, 6.07) is 71.4. The topological polar surface area (TPSA) is 25.8 Å². The van der Waals surface area contributed by atoms with Gasteiger partial charge in [-0.3, -0.25) is 0 Å². The third-order valence-corrected chi connectivity index (χ3v) is 12.8. The first-order chi connectivity index (χ1) is 28.3. The number of nitrogens with zero attached hydrogens (tertiary/aromatic N) is 2. The van der Waals surface area contributed by atoms with Gasteiger partial charge >= 0.3 is 0 Å². The molecule has 1 aromatic heterocycles. The molecule has 0 fully saturated rings. The van der Waals surface area contributed by atoms with Gasteiger partial charge in [0.2, 0.25) is 0 Å². The van der Waals surface area contributed by atoms with Crippen LogP contribution in [-0.4, -0.2) is 9.97 Å². The van der Waals surface area contributed by atoms with Gasteiger partial charge in [-0.25, -0.2) is 9.97 Å². The third-order valence-electron chi connectivity index (χ3n) is 12.8. The maximum absolute atomic E-state index is 5.50. The summed E-state index contributed by atoms with van der Waals surface area (Å²) < 4.78 is 0. The molecule has 1 unspecified atom stereocenters. The van der Waals surface area contributed by atoms with Crippen molar-refractivity contribution in [1.82, 2.24) is 9.97 Å². The molecule has 0 saturated heterocycles. The number of fused-ring (bicyclic) bond motifs is 18. The van der Waals surface area contributed by atoms with Crippen LogP contribution < -0.4 is 0 Å². The van der Waals surface area contributed by atoms with E-state index in [1.54, 1.807) is 0 Å². The molecule has 2 aliphatic rings. The highest BCUT2D eigenvalue weighted by molar-refractivity contribution is 6.26. The Kier molecular flexibility index (Phi) is 6.13. The summed E-state index contributed by atoms with van der Waals surface area (Å²) in [5.74, 6) is 0.739. The SMILES string of the molecule is c1ccc2c(c1)-c1cc3c4ccccc4c4ccccc4c3cc1C21c2ccccc2-c2c(-c3nc(-c4ccc5ccccc5c4)c4ccccc4n3)cccc21. The molecule has 0 N–H and O–H groups in total. The Morgan fingerprint density at radius 1 is 0.316 bits per heavy atom. The summed E-state index contributed by atoms with van der Waals surface area (Å²) in [5, 5.41) is 11.2. The summed E-state index contributed by atoms with van der Waals surface area (Å²) in [4.78, 5) is 10.8. The quantitative estimate of drug-likeness (QED) is 0.166. The zero-order valence-corrected chi connectivity index (χ0v) is 30.9. The third kappa shape index (κ3) is 4.04. The predicted molar refractivity (Wildman–Crippen MR) is 237 cm³/mol. The minimum absolute atomic E-state index is 0.521. The Balaban J connectivity index is 1.13. The van der Waals surface area contributed by atoms with Crippen LogP contribution in [0.4, 0.5) is 0 Å². The van der Waals surface area contributed by atoms with Crippen LogP contribution in [0.5, 0.6) is 0 Å². The fraction of sp³-hybridized carbons (Fsp3) is 0.0182. The fourth-order valence-electron chi connectivity index (χ4n) is 10.5. The number of hydrogen-bond donors (Lipinski definition) is 0. The van der Waals surface area contributed by atoms with Crippen molar-refractivity contribution in [3.63, 3.8) is 0 Å². The zero-order valence-electron chi connectivity index (χ0n) is 30.9. The molecule has 57 heavy (non-hydrogen) atoms. The second kappa shape index (κ2) is 11.3. The molecule has 2 aliphatic carbocycles. The number of aromatic nitrogens is 2. The molecule has 2 heteroatoms. The molecule has 262 valence electrons. The molecule has 0 aliphatic heterocycles. The lowest BCUT2D eigenvalue weighted by Crippen LogP contribution is -2.25. The van der Waals surface area contributed by atoms with E-state index in [1.165, 1.54) is 87.6 Å². The smallest absolute Gasteiger partial charge is 0.161 e. The first kappa shape index (κ1) is 30.9. The van der Waals surface area contributed by atoms with Crippen molar-refractivity contribution in [3.8, 4) is 44.9 Å². The number of hydrogen-bond acceptors (Lipinski definition) is 2. The lowest BCUT2D eigenvalue weighted by Gasteiger charge is -2.31. The van der Waals surface area contributed by atoms with Gasteiger partial charge in [0.1, 0.15) is 0 Å². The van der Waals surface area contributed by atoms with Crippen LogP contribution in [0, 0.1) is 0 Å². The van der Waals surface area contributed by atoms with Crippen LogP contribution >= 0.6 is 0 Å². The van der Waals surface area contributed by atoms with E-state index in [9.17, 15) is 0 Å². The van der Waals surface area contributed by atoms with Crippen molar-refractivity contribution in [3.05, 3.63) is 216 Å². The van der Waals surface area contributed by atoms with E-state index in [1.807, 2.05) is 0 Å². The van der Waals surface area contributed by atoms with Crippen LogP contribution in [0.15, 0.2) is 194 Å². The van der Waals surface area contributed by atoms with E-state index in [0.717, 1.165) is 33.5 Å². The molecule has 0 saturated carbocycles. The summed E-state index contributed by atoms with van der Waals surface area (Å²) in [5.41, 5.74) is 13.8. The number of para-hydroxylation sites is 1. The molecule has 1 atom stereocenters.